The van der Waals surface area contributed by atoms with Crippen LogP contribution in [-0.2, 0) is 16.1 Å². The van der Waals surface area contributed by atoms with Gasteiger partial charge in [0.2, 0.25) is 5.91 Å². The van der Waals surface area contributed by atoms with Crippen molar-refractivity contribution in [3.63, 3.8) is 0 Å². The van der Waals surface area contributed by atoms with Crippen molar-refractivity contribution in [3.8, 4) is 0 Å². The molecule has 1 amide bonds. The highest BCUT2D eigenvalue weighted by molar-refractivity contribution is 7.09. The molecular formula is C11H19N3O2S. The lowest BCUT2D eigenvalue weighted by Crippen LogP contribution is -2.33. The number of carbonyl (C=O) groups excluding carboxylic acids is 1. The fourth-order valence-corrected chi connectivity index (χ4v) is 2.22. The summed E-state index contributed by atoms with van der Waals surface area (Å²) in [6.07, 6.45) is 0.119. The van der Waals surface area contributed by atoms with Crippen molar-refractivity contribution in [2.45, 2.75) is 26.0 Å². The van der Waals surface area contributed by atoms with E-state index in [1.165, 1.54) is 0 Å². The first-order valence-corrected chi connectivity index (χ1v) is 6.32. The average molecular weight is 257 g/mol. The summed E-state index contributed by atoms with van der Waals surface area (Å²) in [4.78, 5) is 18.8. The first kappa shape index (κ1) is 14.1. The highest BCUT2D eigenvalue weighted by Crippen LogP contribution is 2.14. The highest BCUT2D eigenvalue weighted by Gasteiger charge is 2.16. The summed E-state index contributed by atoms with van der Waals surface area (Å²) in [5, 5.41) is 0. The number of ether oxygens (including phenoxy) is 1. The Balaban J connectivity index is 2.50. The van der Waals surface area contributed by atoms with Gasteiger partial charge in [0.25, 0.3) is 0 Å². The van der Waals surface area contributed by atoms with Crippen molar-refractivity contribution >= 4 is 17.2 Å². The van der Waals surface area contributed by atoms with Crippen LogP contribution >= 0.6 is 11.3 Å². The maximum absolute atomic E-state index is 11.9. The second-order valence-electron chi connectivity index (χ2n) is 3.91. The molecule has 1 aromatic heterocycles. The van der Waals surface area contributed by atoms with E-state index in [0.29, 0.717) is 19.5 Å². The minimum atomic E-state index is -0.201. The molecule has 0 saturated carbocycles. The van der Waals surface area contributed by atoms with E-state index in [0.717, 1.165) is 10.6 Å². The summed E-state index contributed by atoms with van der Waals surface area (Å²) >= 11 is 1.56. The number of aromatic nitrogens is 1. The van der Waals surface area contributed by atoms with Gasteiger partial charge in [0.05, 0.1) is 30.3 Å². The highest BCUT2D eigenvalue weighted by atomic mass is 32.1. The zero-order chi connectivity index (χ0) is 12.8. The normalized spacial score (nSPS) is 12.5. The molecule has 0 aliphatic heterocycles. The topological polar surface area (TPSA) is 68.5 Å². The van der Waals surface area contributed by atoms with E-state index >= 15 is 0 Å². The third kappa shape index (κ3) is 4.07. The van der Waals surface area contributed by atoms with Gasteiger partial charge < -0.3 is 15.4 Å². The van der Waals surface area contributed by atoms with Gasteiger partial charge in [-0.3, -0.25) is 4.79 Å². The number of hydrogen-bond acceptors (Lipinski definition) is 5. The van der Waals surface area contributed by atoms with E-state index in [4.69, 9.17) is 10.5 Å². The molecule has 0 saturated heterocycles. The molecule has 5 nitrogen and oxygen atoms in total. The molecule has 1 unspecified atom stereocenters. The monoisotopic (exact) mass is 257 g/mol. The zero-order valence-electron chi connectivity index (χ0n) is 10.5. The third-order valence-electron chi connectivity index (χ3n) is 2.65. The molecule has 17 heavy (non-hydrogen) atoms. The molecule has 0 aromatic carbocycles. The van der Waals surface area contributed by atoms with Gasteiger partial charge in [-0.25, -0.2) is 4.98 Å². The Bertz CT molecular complexity index is 363. The number of amides is 1. The van der Waals surface area contributed by atoms with Crippen LogP contribution < -0.4 is 5.73 Å². The van der Waals surface area contributed by atoms with Crippen molar-refractivity contribution in [1.29, 1.82) is 0 Å². The number of aryl methyl sites for hydroxylation is 1. The van der Waals surface area contributed by atoms with Gasteiger partial charge in [-0.2, -0.15) is 0 Å². The van der Waals surface area contributed by atoms with Gasteiger partial charge >= 0.3 is 0 Å². The Morgan fingerprint density at radius 2 is 2.41 bits per heavy atom. The molecule has 1 aromatic rings. The summed E-state index contributed by atoms with van der Waals surface area (Å²) in [6.45, 7) is 2.90. The molecule has 1 rings (SSSR count). The van der Waals surface area contributed by atoms with Gasteiger partial charge in [0, 0.05) is 25.6 Å². The van der Waals surface area contributed by atoms with E-state index < -0.39 is 0 Å². The Labute approximate surface area is 106 Å². The Morgan fingerprint density at radius 1 is 1.71 bits per heavy atom. The van der Waals surface area contributed by atoms with Crippen molar-refractivity contribution in [2.75, 3.05) is 20.7 Å². The van der Waals surface area contributed by atoms with Crippen LogP contribution in [0.2, 0.25) is 0 Å². The maximum atomic E-state index is 11.9. The van der Waals surface area contributed by atoms with Gasteiger partial charge in [0.1, 0.15) is 0 Å². The molecule has 0 radical (unpaired) electrons. The van der Waals surface area contributed by atoms with Crippen molar-refractivity contribution < 1.29 is 9.53 Å². The summed E-state index contributed by atoms with van der Waals surface area (Å²) in [6, 6.07) is 0. The summed E-state index contributed by atoms with van der Waals surface area (Å²) in [7, 11) is 3.35. The van der Waals surface area contributed by atoms with Crippen LogP contribution in [0.15, 0.2) is 5.51 Å². The van der Waals surface area contributed by atoms with Crippen LogP contribution in [0.3, 0.4) is 0 Å². The lowest BCUT2D eigenvalue weighted by molar-refractivity contribution is -0.132. The number of hydrogen-bond donors (Lipinski definition) is 1. The molecule has 96 valence electrons. The molecule has 0 fully saturated rings. The standard InChI is InChI=1S/C11H19N3O2S/c1-8-10(17-7-13-8)6-14(2)11(15)4-9(5-12)16-3/h7,9H,4-6,12H2,1-3H3. The zero-order valence-corrected chi connectivity index (χ0v) is 11.3. The molecule has 1 heterocycles. The third-order valence-corrected chi connectivity index (χ3v) is 3.57. The first-order valence-electron chi connectivity index (χ1n) is 5.44. The molecule has 0 bridgehead atoms. The largest absolute Gasteiger partial charge is 0.380 e. The predicted molar refractivity (Wildman–Crippen MR) is 67.8 cm³/mol. The Morgan fingerprint density at radius 3 is 2.88 bits per heavy atom. The van der Waals surface area contributed by atoms with Crippen LogP contribution in [0, 0.1) is 6.92 Å². The number of nitrogens with zero attached hydrogens (tertiary/aromatic N) is 2. The molecule has 0 aliphatic rings. The maximum Gasteiger partial charge on any atom is 0.225 e. The Hall–Kier alpha value is -0.980. The second kappa shape index (κ2) is 6.68. The van der Waals surface area contributed by atoms with Crippen LogP contribution in [0.25, 0.3) is 0 Å². The quantitative estimate of drug-likeness (QED) is 0.817. The number of rotatable bonds is 6. The van der Waals surface area contributed by atoms with Crippen LogP contribution in [0.5, 0.6) is 0 Å². The molecule has 0 spiro atoms. The van der Waals surface area contributed by atoms with Gasteiger partial charge in [-0.15, -0.1) is 11.3 Å². The molecule has 0 aliphatic carbocycles. The van der Waals surface area contributed by atoms with E-state index in [-0.39, 0.29) is 12.0 Å². The lowest BCUT2D eigenvalue weighted by Gasteiger charge is -2.19. The minimum Gasteiger partial charge on any atom is -0.380 e. The molecule has 6 heteroatoms. The van der Waals surface area contributed by atoms with Gasteiger partial charge in [-0.1, -0.05) is 0 Å². The molecular weight excluding hydrogens is 238 g/mol. The number of methoxy groups -OCH3 is 1. The number of nitrogens with two attached hydrogens (primary N) is 1. The lowest BCUT2D eigenvalue weighted by atomic mass is 10.2. The van der Waals surface area contributed by atoms with Gasteiger partial charge in [-0.05, 0) is 6.92 Å². The van der Waals surface area contributed by atoms with E-state index in [1.54, 1.807) is 35.9 Å². The smallest absolute Gasteiger partial charge is 0.225 e. The van der Waals surface area contributed by atoms with Crippen molar-refractivity contribution in [2.24, 2.45) is 5.73 Å². The summed E-state index contributed by atoms with van der Waals surface area (Å²) < 4.78 is 5.10. The number of thiazole rings is 1. The minimum absolute atomic E-state index is 0.0371. The summed E-state index contributed by atoms with van der Waals surface area (Å²) in [5.74, 6) is 0.0371. The fraction of sp³-hybridized carbons (Fsp3) is 0.636. The fourth-order valence-electron chi connectivity index (χ4n) is 1.40. The van der Waals surface area contributed by atoms with Crippen LogP contribution in [-0.4, -0.2) is 42.6 Å². The molecule has 1 atom stereocenters. The second-order valence-corrected chi connectivity index (χ2v) is 4.85. The van der Waals surface area contributed by atoms with Crippen LogP contribution in [0.1, 0.15) is 17.0 Å². The number of carbonyl (C=O) groups is 1. The SMILES string of the molecule is COC(CN)CC(=O)N(C)Cc1scnc1C. The predicted octanol–water partition coefficient (Wildman–Crippen LogP) is 0.774. The van der Waals surface area contributed by atoms with E-state index in [2.05, 4.69) is 4.98 Å². The van der Waals surface area contributed by atoms with E-state index in [9.17, 15) is 4.79 Å². The van der Waals surface area contributed by atoms with Crippen molar-refractivity contribution in [3.05, 3.63) is 16.1 Å². The molecule has 2 N–H and O–H groups in total. The van der Waals surface area contributed by atoms with E-state index in [1.807, 2.05) is 6.92 Å². The summed E-state index contributed by atoms with van der Waals surface area (Å²) in [5.41, 5.74) is 8.26. The Kier molecular flexibility index (Phi) is 5.54. The van der Waals surface area contributed by atoms with Gasteiger partial charge in [0.15, 0.2) is 0 Å². The van der Waals surface area contributed by atoms with Crippen LogP contribution in [0.4, 0.5) is 0 Å². The van der Waals surface area contributed by atoms with Crippen molar-refractivity contribution in [1.82, 2.24) is 9.88 Å². The average Bonchev–Trinajstić information content (AvgIpc) is 2.71. The first-order chi connectivity index (χ1) is 8.08.